The molecule has 0 radical (unpaired) electrons. The molecular weight excluding hydrogens is 645 g/mol. The topological polar surface area (TPSA) is 96.0 Å². The van der Waals surface area contributed by atoms with Crippen molar-refractivity contribution in [2.24, 2.45) is 0 Å². The number of ether oxygens (including phenoxy) is 1. The third kappa shape index (κ3) is 9.25. The molecule has 1 atom stereocenters. The molecule has 0 fully saturated rings. The Balaban J connectivity index is 1.79. The number of nitrogens with zero attached hydrogens (tertiary/aromatic N) is 2. The molecule has 1 N–H and O–H groups in total. The van der Waals surface area contributed by atoms with Crippen LogP contribution in [-0.4, -0.2) is 50.9 Å². The lowest BCUT2D eigenvalue weighted by molar-refractivity contribution is -0.140. The molecule has 0 saturated heterocycles. The second-order valence-electron chi connectivity index (χ2n) is 10.5. The molecule has 11 heteroatoms. The van der Waals surface area contributed by atoms with E-state index < -0.39 is 28.5 Å². The zero-order valence-corrected chi connectivity index (χ0v) is 28.1. The molecular formula is C35H37Cl2N3O5S. The predicted molar refractivity (Wildman–Crippen MR) is 183 cm³/mol. The molecule has 4 aromatic rings. The smallest absolute Gasteiger partial charge is 0.264 e. The molecule has 242 valence electrons. The number of hydrogen-bond donors (Lipinski definition) is 1. The highest BCUT2D eigenvalue weighted by molar-refractivity contribution is 7.92. The van der Waals surface area contributed by atoms with Gasteiger partial charge >= 0.3 is 0 Å². The van der Waals surface area contributed by atoms with Gasteiger partial charge < -0.3 is 15.0 Å². The van der Waals surface area contributed by atoms with Crippen LogP contribution in [0.15, 0.2) is 108 Å². The van der Waals surface area contributed by atoms with Crippen molar-refractivity contribution in [2.75, 3.05) is 24.0 Å². The van der Waals surface area contributed by atoms with Gasteiger partial charge in [0.25, 0.3) is 10.0 Å². The Labute approximate surface area is 280 Å². The molecule has 0 spiro atoms. The lowest BCUT2D eigenvalue weighted by Crippen LogP contribution is -2.53. The Morgan fingerprint density at radius 3 is 2.00 bits per heavy atom. The van der Waals surface area contributed by atoms with E-state index in [1.165, 1.54) is 29.2 Å². The summed E-state index contributed by atoms with van der Waals surface area (Å²) in [7, 11) is -4.25. The highest BCUT2D eigenvalue weighted by atomic mass is 35.5. The maximum absolute atomic E-state index is 14.5. The Hall–Kier alpha value is -4.05. The number of hydrogen-bond acceptors (Lipinski definition) is 5. The summed E-state index contributed by atoms with van der Waals surface area (Å²) < 4.78 is 34.9. The normalized spacial score (nSPS) is 11.8. The first-order chi connectivity index (χ1) is 22.1. The van der Waals surface area contributed by atoms with Crippen LogP contribution in [0.1, 0.15) is 31.4 Å². The van der Waals surface area contributed by atoms with Crippen LogP contribution in [-0.2, 0) is 32.6 Å². The second-order valence-corrected chi connectivity index (χ2v) is 13.3. The molecule has 4 aromatic carbocycles. The minimum absolute atomic E-state index is 0.0376. The molecule has 4 rings (SSSR count). The fraction of sp³-hybridized carbons (Fsp3) is 0.257. The van der Waals surface area contributed by atoms with Crippen LogP contribution in [0.2, 0.25) is 10.0 Å². The summed E-state index contributed by atoms with van der Waals surface area (Å²) in [6.07, 6.45) is 0.933. The zero-order valence-electron chi connectivity index (χ0n) is 25.7. The lowest BCUT2D eigenvalue weighted by Gasteiger charge is -2.34. The minimum Gasteiger partial charge on any atom is -0.494 e. The fourth-order valence-corrected chi connectivity index (χ4v) is 6.51. The van der Waals surface area contributed by atoms with Gasteiger partial charge in [-0.25, -0.2) is 8.42 Å². The van der Waals surface area contributed by atoms with Crippen LogP contribution in [0.5, 0.6) is 5.75 Å². The van der Waals surface area contributed by atoms with Gasteiger partial charge in [-0.1, -0.05) is 72.6 Å². The molecule has 46 heavy (non-hydrogen) atoms. The van der Waals surface area contributed by atoms with Crippen LogP contribution in [0.3, 0.4) is 0 Å². The molecule has 0 aromatic heterocycles. The standard InChI is InChI=1S/C35H37Cl2N3O5S/c1-3-22-38-35(42)33(23-26-8-6-5-7-9-26)39(24-27-10-12-28(36)13-11-27)34(41)25-40(30-16-18-31(19-17-30)45-4-2)46(43,44)32-20-14-29(37)15-21-32/h5-21,33H,3-4,22-25H2,1-2H3,(H,38,42). The average Bonchev–Trinajstić information content (AvgIpc) is 3.06. The van der Waals surface area contributed by atoms with Gasteiger partial charge in [0.1, 0.15) is 18.3 Å². The van der Waals surface area contributed by atoms with Crippen molar-refractivity contribution in [2.45, 2.75) is 44.2 Å². The van der Waals surface area contributed by atoms with E-state index >= 15 is 0 Å². The Morgan fingerprint density at radius 1 is 0.804 bits per heavy atom. The van der Waals surface area contributed by atoms with E-state index in [9.17, 15) is 18.0 Å². The molecule has 0 bridgehead atoms. The van der Waals surface area contributed by atoms with E-state index in [-0.39, 0.29) is 29.5 Å². The van der Waals surface area contributed by atoms with Gasteiger partial charge in [-0.15, -0.1) is 0 Å². The maximum Gasteiger partial charge on any atom is 0.264 e. The lowest BCUT2D eigenvalue weighted by atomic mass is 10.0. The molecule has 0 aliphatic rings. The summed E-state index contributed by atoms with van der Waals surface area (Å²) in [5.41, 5.74) is 1.84. The third-order valence-electron chi connectivity index (χ3n) is 7.20. The van der Waals surface area contributed by atoms with Crippen LogP contribution in [0, 0.1) is 0 Å². The summed E-state index contributed by atoms with van der Waals surface area (Å²) >= 11 is 12.2. The molecule has 2 amide bonds. The first-order valence-corrected chi connectivity index (χ1v) is 17.2. The van der Waals surface area contributed by atoms with Gasteiger partial charge in [-0.2, -0.15) is 0 Å². The van der Waals surface area contributed by atoms with E-state index in [0.717, 1.165) is 15.4 Å². The number of benzene rings is 4. The highest BCUT2D eigenvalue weighted by Crippen LogP contribution is 2.28. The van der Waals surface area contributed by atoms with Crippen LogP contribution in [0.25, 0.3) is 0 Å². The van der Waals surface area contributed by atoms with Crippen molar-refractivity contribution in [3.05, 3.63) is 124 Å². The summed E-state index contributed by atoms with van der Waals surface area (Å²) in [5, 5.41) is 3.84. The van der Waals surface area contributed by atoms with Crippen molar-refractivity contribution >= 4 is 50.7 Å². The van der Waals surface area contributed by atoms with E-state index in [0.29, 0.717) is 35.4 Å². The van der Waals surface area contributed by atoms with Crippen LogP contribution >= 0.6 is 23.2 Å². The Morgan fingerprint density at radius 2 is 1.41 bits per heavy atom. The summed E-state index contributed by atoms with van der Waals surface area (Å²) in [5.74, 6) is -0.337. The molecule has 0 saturated carbocycles. The molecule has 0 heterocycles. The first-order valence-electron chi connectivity index (χ1n) is 15.0. The van der Waals surface area contributed by atoms with Gasteiger partial charge in [0.05, 0.1) is 17.2 Å². The summed E-state index contributed by atoms with van der Waals surface area (Å²) in [6, 6.07) is 27.7. The maximum atomic E-state index is 14.5. The van der Waals surface area contributed by atoms with Gasteiger partial charge in [0, 0.05) is 29.6 Å². The molecule has 0 aliphatic carbocycles. The fourth-order valence-electron chi connectivity index (χ4n) is 4.84. The van der Waals surface area contributed by atoms with E-state index in [2.05, 4.69) is 5.32 Å². The van der Waals surface area contributed by atoms with E-state index in [4.69, 9.17) is 27.9 Å². The summed E-state index contributed by atoms with van der Waals surface area (Å²) in [4.78, 5) is 29.6. The number of amides is 2. The van der Waals surface area contributed by atoms with Crippen molar-refractivity contribution < 1.29 is 22.7 Å². The number of carbonyl (C=O) groups is 2. The SMILES string of the molecule is CCCNC(=O)C(Cc1ccccc1)N(Cc1ccc(Cl)cc1)C(=O)CN(c1ccc(OCC)cc1)S(=O)(=O)c1ccc(Cl)cc1. The molecule has 0 aliphatic heterocycles. The average molecular weight is 683 g/mol. The number of nitrogens with one attached hydrogen (secondary N) is 1. The third-order valence-corrected chi connectivity index (χ3v) is 9.49. The van der Waals surface area contributed by atoms with Crippen molar-refractivity contribution in [1.82, 2.24) is 10.2 Å². The van der Waals surface area contributed by atoms with Gasteiger partial charge in [0.2, 0.25) is 11.8 Å². The Bertz CT molecular complexity index is 1690. The van der Waals surface area contributed by atoms with Gasteiger partial charge in [0.15, 0.2) is 0 Å². The zero-order chi connectivity index (χ0) is 33.1. The largest absolute Gasteiger partial charge is 0.494 e. The highest BCUT2D eigenvalue weighted by Gasteiger charge is 2.34. The van der Waals surface area contributed by atoms with Gasteiger partial charge in [-0.05, 0) is 85.1 Å². The number of sulfonamides is 1. The van der Waals surface area contributed by atoms with Crippen molar-refractivity contribution in [1.29, 1.82) is 0 Å². The second kappa shape index (κ2) is 16.5. The van der Waals surface area contributed by atoms with Crippen molar-refractivity contribution in [3.8, 4) is 5.75 Å². The minimum atomic E-state index is -4.25. The van der Waals surface area contributed by atoms with Crippen LogP contribution < -0.4 is 14.4 Å². The quantitative estimate of drug-likeness (QED) is 0.150. The number of carbonyl (C=O) groups excluding carboxylic acids is 2. The Kier molecular flexibility index (Phi) is 12.5. The summed E-state index contributed by atoms with van der Waals surface area (Å²) in [6.45, 7) is 4.13. The number of halogens is 2. The first kappa shape index (κ1) is 34.8. The van der Waals surface area contributed by atoms with Gasteiger partial charge in [-0.3, -0.25) is 13.9 Å². The van der Waals surface area contributed by atoms with E-state index in [1.54, 1.807) is 48.5 Å². The molecule has 1 unspecified atom stereocenters. The molecule has 8 nitrogen and oxygen atoms in total. The monoisotopic (exact) mass is 681 g/mol. The van der Waals surface area contributed by atoms with E-state index in [1.807, 2.05) is 44.2 Å². The number of anilines is 1. The van der Waals surface area contributed by atoms with Crippen molar-refractivity contribution in [3.63, 3.8) is 0 Å². The van der Waals surface area contributed by atoms with Crippen LogP contribution in [0.4, 0.5) is 5.69 Å². The number of rotatable bonds is 15. The predicted octanol–water partition coefficient (Wildman–Crippen LogP) is 6.75.